The Balaban J connectivity index is 2.75. The molecule has 0 aromatic heterocycles. The molecule has 4 heteroatoms. The Kier molecular flexibility index (Phi) is 2.35. The summed E-state index contributed by atoms with van der Waals surface area (Å²) in [5.41, 5.74) is -0.948. The number of ether oxygens (including phenoxy) is 1. The minimum Gasteiger partial charge on any atom is -0.444 e. The maximum atomic E-state index is 10.9. The molecule has 1 fully saturated rings. The monoisotopic (exact) mass is 196 g/mol. The van der Waals surface area contributed by atoms with Crippen molar-refractivity contribution < 1.29 is 9.53 Å². The number of hydrogen-bond acceptors (Lipinski definition) is 2. The fourth-order valence-electron chi connectivity index (χ4n) is 1.05. The zero-order valence-electron chi connectivity index (χ0n) is 6.43. The topological polar surface area (TPSA) is 26.3 Å². The van der Waals surface area contributed by atoms with Gasteiger partial charge in [-0.1, -0.05) is 25.4 Å². The normalized spacial score (nSPS) is 36.5. The quantitative estimate of drug-likeness (QED) is 0.439. The second kappa shape index (κ2) is 2.83. The summed E-state index contributed by atoms with van der Waals surface area (Å²) in [6.45, 7) is 3.81. The second-order valence-corrected chi connectivity index (χ2v) is 4.31. The molecule has 0 saturated carbocycles. The molecule has 0 N–H and O–H groups in total. The molecular weight excluding hydrogens is 187 g/mol. The molecule has 0 bridgehead atoms. The molecule has 1 heterocycles. The minimum absolute atomic E-state index is 0.261. The van der Waals surface area contributed by atoms with E-state index in [1.807, 2.05) is 13.8 Å². The van der Waals surface area contributed by atoms with Gasteiger partial charge in [0.05, 0.1) is 11.8 Å². The molecule has 0 radical (unpaired) electrons. The van der Waals surface area contributed by atoms with Crippen molar-refractivity contribution in [3.8, 4) is 0 Å². The van der Waals surface area contributed by atoms with Crippen molar-refractivity contribution in [1.29, 1.82) is 0 Å². The van der Waals surface area contributed by atoms with Crippen molar-refractivity contribution in [3.63, 3.8) is 0 Å². The molecule has 1 aliphatic rings. The van der Waals surface area contributed by atoms with E-state index in [-0.39, 0.29) is 16.8 Å². The van der Waals surface area contributed by atoms with Crippen LogP contribution in [0.2, 0.25) is 0 Å². The van der Waals surface area contributed by atoms with Gasteiger partial charge in [-0.05, 0) is 5.41 Å². The molecule has 0 unspecified atom stereocenters. The van der Waals surface area contributed by atoms with Gasteiger partial charge in [-0.25, -0.2) is 0 Å². The third-order valence-electron chi connectivity index (χ3n) is 1.82. The number of hydrogen-bond donors (Lipinski definition) is 0. The Morgan fingerprint density at radius 3 is 2.55 bits per heavy atom. The first-order valence-corrected chi connectivity index (χ1v) is 4.28. The zero-order valence-corrected chi connectivity index (χ0v) is 7.95. The lowest BCUT2D eigenvalue weighted by Gasteiger charge is -2.36. The maximum absolute atomic E-state index is 10.9. The van der Waals surface area contributed by atoms with E-state index < -0.39 is 5.56 Å². The first-order chi connectivity index (χ1) is 4.93. The van der Waals surface area contributed by atoms with Crippen LogP contribution in [0.5, 0.6) is 0 Å². The molecule has 2 atom stereocenters. The summed E-state index contributed by atoms with van der Waals surface area (Å²) < 4.78 is 4.73. The highest BCUT2D eigenvalue weighted by Gasteiger charge is 2.42. The smallest absolute Gasteiger partial charge is 0.307 e. The number of carbonyl (C=O) groups is 1. The summed E-state index contributed by atoms with van der Waals surface area (Å²) in [4.78, 5) is 10.9. The van der Waals surface area contributed by atoms with Crippen molar-refractivity contribution in [2.45, 2.75) is 31.2 Å². The van der Waals surface area contributed by atoms with Gasteiger partial charge in [0.2, 0.25) is 0 Å². The Bertz CT molecular complexity index is 179. The number of esters is 1. The SMILES string of the molecule is CC1(C)CC(=O)O[C@@H](Cl)[C@@H]1Cl. The van der Waals surface area contributed by atoms with Crippen molar-refractivity contribution >= 4 is 29.2 Å². The number of carbonyl (C=O) groups excluding carboxylic acids is 1. The van der Waals surface area contributed by atoms with Gasteiger partial charge in [0.15, 0.2) is 5.56 Å². The maximum Gasteiger partial charge on any atom is 0.307 e. The summed E-state index contributed by atoms with van der Waals surface area (Å²) in [7, 11) is 0. The summed E-state index contributed by atoms with van der Waals surface area (Å²) in [5.74, 6) is -0.271. The van der Waals surface area contributed by atoms with Crippen LogP contribution >= 0.6 is 23.2 Å². The van der Waals surface area contributed by atoms with E-state index in [0.29, 0.717) is 6.42 Å². The molecule has 0 spiro atoms. The third-order valence-corrected chi connectivity index (χ3v) is 3.11. The molecule has 0 amide bonds. The van der Waals surface area contributed by atoms with Crippen LogP contribution < -0.4 is 0 Å². The van der Waals surface area contributed by atoms with Crippen LogP contribution in [0, 0.1) is 5.41 Å². The first kappa shape index (κ1) is 9.14. The Morgan fingerprint density at radius 1 is 1.55 bits per heavy atom. The number of rotatable bonds is 0. The van der Waals surface area contributed by atoms with E-state index in [1.165, 1.54) is 0 Å². The van der Waals surface area contributed by atoms with E-state index >= 15 is 0 Å². The Hall–Kier alpha value is 0.0500. The van der Waals surface area contributed by atoms with Crippen molar-refractivity contribution in [2.24, 2.45) is 5.41 Å². The van der Waals surface area contributed by atoms with Gasteiger partial charge in [-0.3, -0.25) is 4.79 Å². The van der Waals surface area contributed by atoms with Crippen LogP contribution in [-0.4, -0.2) is 16.9 Å². The summed E-state index contributed by atoms with van der Waals surface area (Å²) in [6.07, 6.45) is 0.338. The predicted molar refractivity (Wildman–Crippen MR) is 43.8 cm³/mol. The number of alkyl halides is 2. The Labute approximate surface area is 75.8 Å². The second-order valence-electron chi connectivity index (χ2n) is 3.41. The van der Waals surface area contributed by atoms with Crippen LogP contribution in [-0.2, 0) is 9.53 Å². The van der Waals surface area contributed by atoms with E-state index in [9.17, 15) is 4.79 Å². The molecule has 1 aliphatic heterocycles. The molecule has 0 aliphatic carbocycles. The van der Waals surface area contributed by atoms with Gasteiger partial charge in [-0.15, -0.1) is 11.6 Å². The molecule has 64 valence electrons. The molecule has 1 saturated heterocycles. The zero-order chi connectivity index (χ0) is 8.65. The molecule has 11 heavy (non-hydrogen) atoms. The highest BCUT2D eigenvalue weighted by atomic mass is 35.5. The van der Waals surface area contributed by atoms with Crippen LogP contribution in [0.3, 0.4) is 0 Å². The lowest BCUT2D eigenvalue weighted by Crippen LogP contribution is -2.42. The van der Waals surface area contributed by atoms with Gasteiger partial charge in [-0.2, -0.15) is 0 Å². The van der Waals surface area contributed by atoms with Gasteiger partial charge < -0.3 is 4.74 Å². The number of halogens is 2. The van der Waals surface area contributed by atoms with E-state index in [4.69, 9.17) is 27.9 Å². The van der Waals surface area contributed by atoms with Gasteiger partial charge >= 0.3 is 5.97 Å². The highest BCUT2D eigenvalue weighted by Crippen LogP contribution is 2.38. The summed E-state index contributed by atoms with van der Waals surface area (Å²) in [6, 6.07) is 0. The van der Waals surface area contributed by atoms with Crippen molar-refractivity contribution in [3.05, 3.63) is 0 Å². The molecule has 2 nitrogen and oxygen atoms in total. The first-order valence-electron chi connectivity index (χ1n) is 3.41. The van der Waals surface area contributed by atoms with Gasteiger partial charge in [0.25, 0.3) is 0 Å². The number of cyclic esters (lactones) is 1. The minimum atomic E-state index is -0.687. The molecule has 0 aromatic rings. The van der Waals surface area contributed by atoms with Crippen LogP contribution in [0.1, 0.15) is 20.3 Å². The average Bonchev–Trinajstić information content (AvgIpc) is 1.81. The van der Waals surface area contributed by atoms with Crippen LogP contribution in [0.25, 0.3) is 0 Å². The van der Waals surface area contributed by atoms with Crippen LogP contribution in [0.15, 0.2) is 0 Å². The third kappa shape index (κ3) is 1.79. The predicted octanol–water partition coefficient (Wildman–Crippen LogP) is 2.13. The fourth-order valence-corrected chi connectivity index (χ4v) is 1.62. The summed E-state index contributed by atoms with van der Waals surface area (Å²) in [5, 5.41) is -0.304. The highest BCUT2D eigenvalue weighted by molar-refractivity contribution is 6.30. The van der Waals surface area contributed by atoms with Gasteiger partial charge in [0.1, 0.15) is 0 Å². The summed E-state index contributed by atoms with van der Waals surface area (Å²) >= 11 is 11.6. The van der Waals surface area contributed by atoms with Crippen molar-refractivity contribution in [1.82, 2.24) is 0 Å². The van der Waals surface area contributed by atoms with Crippen molar-refractivity contribution in [2.75, 3.05) is 0 Å². The van der Waals surface area contributed by atoms with Crippen LogP contribution in [0.4, 0.5) is 0 Å². The Morgan fingerprint density at radius 2 is 2.09 bits per heavy atom. The standard InChI is InChI=1S/C7H10Cl2O2/c1-7(2)3-4(10)11-6(9)5(7)8/h5-6H,3H2,1-2H3/t5-,6+/m0/s1. The molecule has 1 rings (SSSR count). The van der Waals surface area contributed by atoms with E-state index in [1.54, 1.807) is 0 Å². The average molecular weight is 197 g/mol. The lowest BCUT2D eigenvalue weighted by molar-refractivity contribution is -0.154. The largest absolute Gasteiger partial charge is 0.444 e. The van der Waals surface area contributed by atoms with E-state index in [2.05, 4.69) is 0 Å². The van der Waals surface area contributed by atoms with E-state index in [0.717, 1.165) is 0 Å². The fraction of sp³-hybridized carbons (Fsp3) is 0.857. The lowest BCUT2D eigenvalue weighted by atomic mass is 9.84. The molecule has 0 aromatic carbocycles. The van der Waals surface area contributed by atoms with Gasteiger partial charge in [0, 0.05) is 0 Å². The molecular formula is C7H10Cl2O2.